The quantitative estimate of drug-likeness (QED) is 0.887. The molecular formula is C13H18N2OS. The highest BCUT2D eigenvalue weighted by atomic mass is 32.1. The lowest BCUT2D eigenvalue weighted by atomic mass is 10.2. The van der Waals surface area contributed by atoms with Gasteiger partial charge in [-0.05, 0) is 30.7 Å². The minimum Gasteiger partial charge on any atom is -0.493 e. The van der Waals surface area contributed by atoms with Crippen molar-refractivity contribution in [3.8, 4) is 5.75 Å². The van der Waals surface area contributed by atoms with Gasteiger partial charge in [0.15, 0.2) is 0 Å². The molecule has 0 aliphatic rings. The minimum atomic E-state index is 0.542. The van der Waals surface area contributed by atoms with Crippen molar-refractivity contribution >= 4 is 21.6 Å². The van der Waals surface area contributed by atoms with Crippen molar-refractivity contribution in [1.82, 2.24) is 4.98 Å². The van der Waals surface area contributed by atoms with E-state index in [9.17, 15) is 0 Å². The Morgan fingerprint density at radius 1 is 1.41 bits per heavy atom. The van der Waals surface area contributed by atoms with Gasteiger partial charge >= 0.3 is 0 Å². The van der Waals surface area contributed by atoms with E-state index in [4.69, 9.17) is 10.5 Å². The number of rotatable bonds is 5. The van der Waals surface area contributed by atoms with Crippen molar-refractivity contribution in [2.75, 3.05) is 13.2 Å². The van der Waals surface area contributed by atoms with Gasteiger partial charge in [0.1, 0.15) is 5.75 Å². The summed E-state index contributed by atoms with van der Waals surface area (Å²) in [6.45, 7) is 5.69. The van der Waals surface area contributed by atoms with E-state index in [1.807, 2.05) is 12.1 Å². The molecule has 1 aromatic heterocycles. The molecule has 0 amide bonds. The minimum absolute atomic E-state index is 0.542. The molecule has 0 saturated carbocycles. The molecular weight excluding hydrogens is 232 g/mol. The summed E-state index contributed by atoms with van der Waals surface area (Å²) in [7, 11) is 0. The summed E-state index contributed by atoms with van der Waals surface area (Å²) in [5, 5.41) is 1.10. The van der Waals surface area contributed by atoms with Gasteiger partial charge in [-0.3, -0.25) is 0 Å². The Morgan fingerprint density at radius 3 is 2.94 bits per heavy atom. The van der Waals surface area contributed by atoms with Gasteiger partial charge in [0.05, 0.1) is 21.8 Å². The van der Waals surface area contributed by atoms with Crippen LogP contribution < -0.4 is 10.5 Å². The Hall–Kier alpha value is -1.13. The second-order valence-electron chi connectivity index (χ2n) is 4.48. The fourth-order valence-electron chi connectivity index (χ4n) is 1.54. The smallest absolute Gasteiger partial charge is 0.120 e. The van der Waals surface area contributed by atoms with Crippen molar-refractivity contribution in [3.05, 3.63) is 23.2 Å². The number of aromatic nitrogens is 1. The molecule has 2 N–H and O–H groups in total. The molecule has 0 aliphatic heterocycles. The number of hydrogen-bond acceptors (Lipinski definition) is 4. The number of hydrogen-bond donors (Lipinski definition) is 1. The fraction of sp³-hybridized carbons (Fsp3) is 0.462. The van der Waals surface area contributed by atoms with Crippen LogP contribution in [-0.2, 0) is 6.42 Å². The SMILES string of the molecule is CC(C)COc1ccc2nc(CCN)sc2c1. The molecule has 0 bridgehead atoms. The maximum atomic E-state index is 5.70. The predicted molar refractivity (Wildman–Crippen MR) is 72.7 cm³/mol. The van der Waals surface area contributed by atoms with Crippen LogP contribution in [-0.4, -0.2) is 18.1 Å². The Balaban J connectivity index is 2.18. The molecule has 1 aromatic carbocycles. The molecule has 17 heavy (non-hydrogen) atoms. The number of benzene rings is 1. The lowest BCUT2D eigenvalue weighted by Crippen LogP contribution is -2.04. The van der Waals surface area contributed by atoms with Gasteiger partial charge in [0.25, 0.3) is 0 Å². The first kappa shape index (κ1) is 12.3. The van der Waals surface area contributed by atoms with Crippen LogP contribution in [0.3, 0.4) is 0 Å². The van der Waals surface area contributed by atoms with Crippen molar-refractivity contribution in [3.63, 3.8) is 0 Å². The third kappa shape index (κ3) is 3.17. The third-order valence-electron chi connectivity index (χ3n) is 2.35. The molecule has 4 heteroatoms. The molecule has 0 spiro atoms. The van der Waals surface area contributed by atoms with Crippen LogP contribution in [0.15, 0.2) is 18.2 Å². The molecule has 92 valence electrons. The van der Waals surface area contributed by atoms with E-state index >= 15 is 0 Å². The first-order valence-electron chi connectivity index (χ1n) is 5.91. The lowest BCUT2D eigenvalue weighted by molar-refractivity contribution is 0.271. The standard InChI is InChI=1S/C13H18N2OS/c1-9(2)8-16-10-3-4-11-12(7-10)17-13(15-11)5-6-14/h3-4,7,9H,5-6,8,14H2,1-2H3. The fourth-order valence-corrected chi connectivity index (χ4v) is 2.55. The highest BCUT2D eigenvalue weighted by molar-refractivity contribution is 7.18. The third-order valence-corrected chi connectivity index (χ3v) is 3.42. The van der Waals surface area contributed by atoms with Crippen LogP contribution in [0.1, 0.15) is 18.9 Å². The Morgan fingerprint density at radius 2 is 2.24 bits per heavy atom. The average Bonchev–Trinajstić information content (AvgIpc) is 2.68. The van der Waals surface area contributed by atoms with Gasteiger partial charge in [0.2, 0.25) is 0 Å². The Kier molecular flexibility index (Phi) is 3.97. The van der Waals surface area contributed by atoms with E-state index in [1.165, 1.54) is 4.70 Å². The summed E-state index contributed by atoms with van der Waals surface area (Å²) < 4.78 is 6.87. The van der Waals surface area contributed by atoms with Crippen LogP contribution in [0.5, 0.6) is 5.75 Å². The van der Waals surface area contributed by atoms with Gasteiger partial charge in [-0.1, -0.05) is 13.8 Å². The topological polar surface area (TPSA) is 48.1 Å². The van der Waals surface area contributed by atoms with Gasteiger partial charge in [-0.25, -0.2) is 4.98 Å². The molecule has 0 aliphatic carbocycles. The van der Waals surface area contributed by atoms with Gasteiger partial charge in [-0.2, -0.15) is 0 Å². The predicted octanol–water partition coefficient (Wildman–Crippen LogP) is 2.83. The summed E-state index contributed by atoms with van der Waals surface area (Å²) in [6.07, 6.45) is 0.849. The summed E-state index contributed by atoms with van der Waals surface area (Å²) >= 11 is 1.70. The van der Waals surface area contributed by atoms with Crippen LogP contribution in [0.25, 0.3) is 10.2 Å². The van der Waals surface area contributed by atoms with Gasteiger partial charge < -0.3 is 10.5 Å². The lowest BCUT2D eigenvalue weighted by Gasteiger charge is -2.07. The second kappa shape index (κ2) is 5.47. The zero-order valence-corrected chi connectivity index (χ0v) is 11.1. The first-order valence-corrected chi connectivity index (χ1v) is 6.73. The monoisotopic (exact) mass is 250 g/mol. The zero-order valence-electron chi connectivity index (χ0n) is 10.3. The van der Waals surface area contributed by atoms with Crippen LogP contribution in [0, 0.1) is 5.92 Å². The summed E-state index contributed by atoms with van der Waals surface area (Å²) in [5.41, 5.74) is 6.57. The molecule has 1 heterocycles. The largest absolute Gasteiger partial charge is 0.493 e. The van der Waals surface area contributed by atoms with Crippen molar-refractivity contribution in [2.24, 2.45) is 11.7 Å². The normalized spacial score (nSPS) is 11.3. The van der Waals surface area contributed by atoms with E-state index in [0.29, 0.717) is 12.5 Å². The van der Waals surface area contributed by atoms with E-state index in [1.54, 1.807) is 11.3 Å². The van der Waals surface area contributed by atoms with E-state index in [0.717, 1.165) is 29.3 Å². The van der Waals surface area contributed by atoms with Crippen molar-refractivity contribution in [1.29, 1.82) is 0 Å². The zero-order chi connectivity index (χ0) is 12.3. The van der Waals surface area contributed by atoms with E-state index in [2.05, 4.69) is 24.9 Å². The average molecular weight is 250 g/mol. The van der Waals surface area contributed by atoms with Gasteiger partial charge in [-0.15, -0.1) is 11.3 Å². The van der Waals surface area contributed by atoms with Crippen molar-refractivity contribution in [2.45, 2.75) is 20.3 Å². The number of ether oxygens (including phenoxy) is 1. The Bertz CT molecular complexity index is 493. The molecule has 0 radical (unpaired) electrons. The summed E-state index contributed by atoms with van der Waals surface area (Å²) in [4.78, 5) is 4.52. The second-order valence-corrected chi connectivity index (χ2v) is 5.60. The molecule has 0 atom stereocenters. The first-order chi connectivity index (χ1) is 8.19. The van der Waals surface area contributed by atoms with Gasteiger partial charge in [0, 0.05) is 6.42 Å². The maximum absolute atomic E-state index is 5.70. The molecule has 2 rings (SSSR count). The molecule has 0 saturated heterocycles. The molecule has 3 nitrogen and oxygen atoms in total. The summed E-state index contributed by atoms with van der Waals surface area (Å²) in [5.74, 6) is 1.47. The maximum Gasteiger partial charge on any atom is 0.120 e. The highest BCUT2D eigenvalue weighted by Crippen LogP contribution is 2.26. The molecule has 0 unspecified atom stereocenters. The van der Waals surface area contributed by atoms with E-state index in [-0.39, 0.29) is 0 Å². The Labute approximate surface area is 106 Å². The molecule has 2 aromatic rings. The van der Waals surface area contributed by atoms with Crippen LogP contribution in [0.2, 0.25) is 0 Å². The number of nitrogens with zero attached hydrogens (tertiary/aromatic N) is 1. The number of fused-ring (bicyclic) bond motifs is 1. The molecule has 0 fully saturated rings. The number of thiazole rings is 1. The summed E-state index contributed by atoms with van der Waals surface area (Å²) in [6, 6.07) is 6.06. The van der Waals surface area contributed by atoms with Crippen molar-refractivity contribution < 1.29 is 4.74 Å². The van der Waals surface area contributed by atoms with Crippen LogP contribution in [0.4, 0.5) is 0 Å². The van der Waals surface area contributed by atoms with Crippen LogP contribution >= 0.6 is 11.3 Å². The van der Waals surface area contributed by atoms with E-state index < -0.39 is 0 Å². The number of nitrogens with two attached hydrogens (primary N) is 1. The highest BCUT2D eigenvalue weighted by Gasteiger charge is 2.05.